The molecule has 31 heavy (non-hydrogen) atoms. The van der Waals surface area contributed by atoms with Crippen LogP contribution in [0, 0.1) is 6.92 Å². The Bertz CT molecular complexity index is 1070. The molecule has 0 aliphatic carbocycles. The summed E-state index contributed by atoms with van der Waals surface area (Å²) in [6.07, 6.45) is 0.325. The number of halogens is 1. The van der Waals surface area contributed by atoms with Crippen LogP contribution in [0.4, 0.5) is 5.13 Å². The van der Waals surface area contributed by atoms with Crippen molar-refractivity contribution in [2.75, 3.05) is 51.4 Å². The van der Waals surface area contributed by atoms with Gasteiger partial charge in [-0.15, -0.1) is 0 Å². The van der Waals surface area contributed by atoms with E-state index in [-0.39, 0.29) is 5.91 Å². The first-order valence-electron chi connectivity index (χ1n) is 10.3. The largest absolute Gasteiger partial charge is 0.494 e. The molecule has 0 bridgehead atoms. The summed E-state index contributed by atoms with van der Waals surface area (Å²) in [6, 6.07) is 11.7. The number of fused-ring (bicyclic) bond motifs is 1. The summed E-state index contributed by atoms with van der Waals surface area (Å²) in [5.74, 6) is 0.675. The van der Waals surface area contributed by atoms with Crippen molar-refractivity contribution in [2.45, 2.75) is 13.3 Å². The second-order valence-electron chi connectivity index (χ2n) is 7.59. The van der Waals surface area contributed by atoms with Crippen LogP contribution in [0.5, 0.6) is 5.75 Å². The fourth-order valence-corrected chi connectivity index (χ4v) is 5.01. The van der Waals surface area contributed by atoms with Crippen LogP contribution in [0.15, 0.2) is 36.4 Å². The summed E-state index contributed by atoms with van der Waals surface area (Å²) in [5, 5.41) is 1.26. The molecule has 6 nitrogen and oxygen atoms in total. The number of amides is 1. The Labute approximate surface area is 191 Å². The molecule has 0 atom stereocenters. The molecule has 0 unspecified atom stereocenters. The predicted molar refractivity (Wildman–Crippen MR) is 126 cm³/mol. The molecule has 0 spiro atoms. The second-order valence-corrected chi connectivity index (χ2v) is 8.97. The first kappa shape index (κ1) is 22.0. The number of methoxy groups -OCH3 is 1. The number of morpholine rings is 1. The number of nitrogens with zero attached hydrogens (tertiary/aromatic N) is 3. The van der Waals surface area contributed by atoms with E-state index in [4.69, 9.17) is 26.1 Å². The van der Waals surface area contributed by atoms with Gasteiger partial charge < -0.3 is 9.47 Å². The Hall–Kier alpha value is -2.19. The molecule has 4 rings (SSSR count). The average molecular weight is 460 g/mol. The highest BCUT2D eigenvalue weighted by Crippen LogP contribution is 2.38. The highest BCUT2D eigenvalue weighted by Gasteiger charge is 2.23. The third-order valence-corrected chi connectivity index (χ3v) is 6.92. The van der Waals surface area contributed by atoms with Crippen LogP contribution in [0.3, 0.4) is 0 Å². The quantitative estimate of drug-likeness (QED) is 0.530. The maximum absolute atomic E-state index is 13.4. The number of hydrogen-bond donors (Lipinski definition) is 0. The van der Waals surface area contributed by atoms with E-state index in [2.05, 4.69) is 11.0 Å². The number of rotatable bonds is 7. The number of aryl methyl sites for hydroxylation is 1. The van der Waals surface area contributed by atoms with Gasteiger partial charge in [0.05, 0.1) is 36.5 Å². The molecule has 0 radical (unpaired) electrons. The Morgan fingerprint density at radius 2 is 2.10 bits per heavy atom. The van der Waals surface area contributed by atoms with Gasteiger partial charge in [0.2, 0.25) is 5.91 Å². The first-order chi connectivity index (χ1) is 15.0. The maximum Gasteiger partial charge on any atom is 0.233 e. The second kappa shape index (κ2) is 9.96. The molecular weight excluding hydrogens is 434 g/mol. The van der Waals surface area contributed by atoms with Gasteiger partial charge in [-0.25, -0.2) is 4.98 Å². The summed E-state index contributed by atoms with van der Waals surface area (Å²) in [6.45, 7) is 6.56. The number of carbonyl (C=O) groups excluding carboxylic acids is 1. The smallest absolute Gasteiger partial charge is 0.233 e. The minimum absolute atomic E-state index is 0.0213. The maximum atomic E-state index is 13.4. The number of ether oxygens (including phenoxy) is 2. The lowest BCUT2D eigenvalue weighted by Crippen LogP contribution is -2.43. The zero-order valence-corrected chi connectivity index (χ0v) is 19.3. The Balaban J connectivity index is 1.63. The van der Waals surface area contributed by atoms with E-state index in [0.29, 0.717) is 34.4 Å². The number of carbonyl (C=O) groups is 1. The lowest BCUT2D eigenvalue weighted by molar-refractivity contribution is -0.118. The lowest BCUT2D eigenvalue weighted by atomic mass is 10.1. The molecule has 8 heteroatoms. The van der Waals surface area contributed by atoms with Crippen LogP contribution in [0.25, 0.3) is 10.2 Å². The topological polar surface area (TPSA) is 54.9 Å². The van der Waals surface area contributed by atoms with Gasteiger partial charge in [0.15, 0.2) is 5.13 Å². The number of anilines is 1. The number of hydrogen-bond acceptors (Lipinski definition) is 6. The van der Waals surface area contributed by atoms with E-state index in [1.165, 1.54) is 11.3 Å². The molecule has 1 aliphatic heterocycles. The van der Waals surface area contributed by atoms with Crippen LogP contribution in [-0.2, 0) is 16.0 Å². The summed E-state index contributed by atoms with van der Waals surface area (Å²) in [4.78, 5) is 22.3. The van der Waals surface area contributed by atoms with Gasteiger partial charge in [-0.3, -0.25) is 14.6 Å². The molecular formula is C23H26ClN3O3S. The van der Waals surface area contributed by atoms with Crippen LogP contribution in [-0.4, -0.2) is 62.3 Å². The van der Waals surface area contributed by atoms with Gasteiger partial charge in [-0.1, -0.05) is 52.8 Å². The SMILES string of the molecule is COc1ccc(Cl)c2sc(N(CCN3CCOCC3)C(=O)Cc3cccc(C)c3)nc12. The fraction of sp³-hybridized carbons (Fsp3) is 0.391. The summed E-state index contributed by atoms with van der Waals surface area (Å²) in [5.41, 5.74) is 2.83. The molecule has 2 aromatic carbocycles. The minimum Gasteiger partial charge on any atom is -0.494 e. The van der Waals surface area contributed by atoms with Crippen LogP contribution >= 0.6 is 22.9 Å². The summed E-state index contributed by atoms with van der Waals surface area (Å²) in [7, 11) is 1.61. The van der Waals surface area contributed by atoms with Gasteiger partial charge in [-0.05, 0) is 24.6 Å². The number of aromatic nitrogens is 1. The minimum atomic E-state index is 0.0213. The van der Waals surface area contributed by atoms with Crippen molar-refractivity contribution in [3.05, 3.63) is 52.5 Å². The number of benzene rings is 2. The zero-order chi connectivity index (χ0) is 21.8. The monoisotopic (exact) mass is 459 g/mol. The molecule has 2 heterocycles. The van der Waals surface area contributed by atoms with Crippen LogP contribution < -0.4 is 9.64 Å². The van der Waals surface area contributed by atoms with Gasteiger partial charge in [0.1, 0.15) is 11.3 Å². The van der Waals surface area contributed by atoms with Crippen molar-refractivity contribution >= 4 is 44.2 Å². The zero-order valence-electron chi connectivity index (χ0n) is 17.8. The Morgan fingerprint density at radius 3 is 2.84 bits per heavy atom. The molecule has 1 fully saturated rings. The van der Waals surface area contributed by atoms with E-state index in [9.17, 15) is 4.79 Å². The lowest BCUT2D eigenvalue weighted by Gasteiger charge is -2.29. The highest BCUT2D eigenvalue weighted by molar-refractivity contribution is 7.23. The van der Waals surface area contributed by atoms with E-state index in [0.717, 1.165) is 48.7 Å². The fourth-order valence-electron chi connectivity index (χ4n) is 3.71. The Morgan fingerprint density at radius 1 is 1.29 bits per heavy atom. The first-order valence-corrected chi connectivity index (χ1v) is 11.5. The van der Waals surface area contributed by atoms with E-state index >= 15 is 0 Å². The third-order valence-electron chi connectivity index (χ3n) is 5.38. The van der Waals surface area contributed by atoms with E-state index in [1.807, 2.05) is 25.1 Å². The van der Waals surface area contributed by atoms with Gasteiger partial charge in [-0.2, -0.15) is 0 Å². The van der Waals surface area contributed by atoms with E-state index in [1.54, 1.807) is 24.1 Å². The van der Waals surface area contributed by atoms with Crippen molar-refractivity contribution < 1.29 is 14.3 Å². The molecule has 1 amide bonds. The van der Waals surface area contributed by atoms with Gasteiger partial charge >= 0.3 is 0 Å². The van der Waals surface area contributed by atoms with Crippen LogP contribution in [0.2, 0.25) is 5.02 Å². The Kier molecular flexibility index (Phi) is 7.07. The molecule has 164 valence electrons. The van der Waals surface area contributed by atoms with Gasteiger partial charge in [0, 0.05) is 26.2 Å². The molecule has 1 aromatic heterocycles. The predicted octanol–water partition coefficient (Wildman–Crippen LogP) is 4.17. The average Bonchev–Trinajstić information content (AvgIpc) is 3.21. The van der Waals surface area contributed by atoms with E-state index < -0.39 is 0 Å². The van der Waals surface area contributed by atoms with Crippen molar-refractivity contribution in [3.63, 3.8) is 0 Å². The third kappa shape index (κ3) is 5.18. The molecule has 1 aliphatic rings. The van der Waals surface area contributed by atoms with Crippen molar-refractivity contribution in [1.82, 2.24) is 9.88 Å². The standard InChI is InChI=1S/C23H26ClN3O3S/c1-16-4-3-5-17(14-16)15-20(28)27(9-8-26-10-12-30-13-11-26)23-25-21-19(29-2)7-6-18(24)22(21)31-23/h3-7,14H,8-13,15H2,1-2H3. The molecule has 1 saturated heterocycles. The van der Waals surface area contributed by atoms with Crippen molar-refractivity contribution in [1.29, 1.82) is 0 Å². The molecule has 0 N–H and O–H groups in total. The summed E-state index contributed by atoms with van der Waals surface area (Å²) >= 11 is 7.85. The van der Waals surface area contributed by atoms with Crippen molar-refractivity contribution in [2.24, 2.45) is 0 Å². The summed E-state index contributed by atoms with van der Waals surface area (Å²) < 4.78 is 11.7. The molecule has 0 saturated carbocycles. The highest BCUT2D eigenvalue weighted by atomic mass is 35.5. The normalized spacial score (nSPS) is 14.7. The molecule has 3 aromatic rings. The number of thiazole rings is 1. The van der Waals surface area contributed by atoms with Crippen molar-refractivity contribution in [3.8, 4) is 5.75 Å². The van der Waals surface area contributed by atoms with Gasteiger partial charge in [0.25, 0.3) is 0 Å². The van der Waals surface area contributed by atoms with Crippen LogP contribution in [0.1, 0.15) is 11.1 Å².